The molecule has 5 rings (SSSR count). The SMILES string of the molecule is COc1cnc(C(=O)N2CCC3(CCc4nc(-c5ccccc5)cc(=O)n4CC3)C2)nc1. The van der Waals surface area contributed by atoms with Gasteiger partial charge in [-0.15, -0.1) is 0 Å². The second-order valence-electron chi connectivity index (χ2n) is 8.59. The van der Waals surface area contributed by atoms with Crippen molar-refractivity contribution in [3.05, 3.63) is 70.8 Å². The molecule has 1 spiro atoms. The molecule has 0 saturated carbocycles. The maximum Gasteiger partial charge on any atom is 0.291 e. The van der Waals surface area contributed by atoms with Crippen LogP contribution in [0.15, 0.2) is 53.6 Å². The molecule has 2 aliphatic heterocycles. The molecule has 1 fully saturated rings. The van der Waals surface area contributed by atoms with Crippen molar-refractivity contribution < 1.29 is 9.53 Å². The van der Waals surface area contributed by atoms with E-state index in [0.717, 1.165) is 42.8 Å². The van der Waals surface area contributed by atoms with Crippen LogP contribution in [-0.4, -0.2) is 50.5 Å². The summed E-state index contributed by atoms with van der Waals surface area (Å²) in [6, 6.07) is 11.4. The Morgan fingerprint density at radius 2 is 1.81 bits per heavy atom. The number of fused-ring (bicyclic) bond motifs is 1. The molecule has 8 nitrogen and oxygen atoms in total. The van der Waals surface area contributed by atoms with Crippen molar-refractivity contribution in [2.75, 3.05) is 20.2 Å². The van der Waals surface area contributed by atoms with Gasteiger partial charge in [0.05, 0.1) is 25.2 Å². The Morgan fingerprint density at radius 3 is 2.56 bits per heavy atom. The van der Waals surface area contributed by atoms with Gasteiger partial charge in [0.25, 0.3) is 11.5 Å². The van der Waals surface area contributed by atoms with Crippen LogP contribution in [0.25, 0.3) is 11.3 Å². The van der Waals surface area contributed by atoms with Gasteiger partial charge in [-0.05, 0) is 24.7 Å². The Hall–Kier alpha value is -3.55. The van der Waals surface area contributed by atoms with Gasteiger partial charge in [-0.1, -0.05) is 30.3 Å². The van der Waals surface area contributed by atoms with Gasteiger partial charge < -0.3 is 9.64 Å². The zero-order chi connectivity index (χ0) is 22.1. The normalized spacial score (nSPS) is 20.1. The van der Waals surface area contributed by atoms with Gasteiger partial charge in [0, 0.05) is 37.7 Å². The van der Waals surface area contributed by atoms with Crippen LogP contribution >= 0.6 is 0 Å². The molecule has 164 valence electrons. The van der Waals surface area contributed by atoms with Crippen LogP contribution in [0.3, 0.4) is 0 Å². The fourth-order valence-corrected chi connectivity index (χ4v) is 4.78. The molecule has 1 saturated heterocycles. The molecule has 32 heavy (non-hydrogen) atoms. The molecular weight excluding hydrogens is 406 g/mol. The lowest BCUT2D eigenvalue weighted by Crippen LogP contribution is -2.33. The number of amides is 1. The molecule has 4 heterocycles. The minimum Gasteiger partial charge on any atom is -0.494 e. The number of rotatable bonds is 3. The van der Waals surface area contributed by atoms with Gasteiger partial charge in [-0.3, -0.25) is 14.2 Å². The third-order valence-electron chi connectivity index (χ3n) is 6.68. The second-order valence-corrected chi connectivity index (χ2v) is 8.59. The zero-order valence-corrected chi connectivity index (χ0v) is 18.0. The number of hydrogen-bond donors (Lipinski definition) is 0. The molecule has 2 aliphatic rings. The van der Waals surface area contributed by atoms with Crippen molar-refractivity contribution in [2.45, 2.75) is 32.2 Å². The Kier molecular flexibility index (Phi) is 5.20. The van der Waals surface area contributed by atoms with Crippen LogP contribution in [0.1, 0.15) is 35.7 Å². The lowest BCUT2D eigenvalue weighted by Gasteiger charge is -2.27. The van der Waals surface area contributed by atoms with Crippen LogP contribution in [0.2, 0.25) is 0 Å². The third kappa shape index (κ3) is 3.77. The summed E-state index contributed by atoms with van der Waals surface area (Å²) in [6.07, 6.45) is 6.39. The minimum atomic E-state index is -0.159. The number of carbonyl (C=O) groups is 1. The number of hydrogen-bond acceptors (Lipinski definition) is 6. The van der Waals surface area contributed by atoms with Gasteiger partial charge in [0.1, 0.15) is 5.82 Å². The number of carbonyl (C=O) groups excluding carboxylic acids is 1. The highest BCUT2D eigenvalue weighted by atomic mass is 16.5. The Morgan fingerprint density at radius 1 is 1.06 bits per heavy atom. The fraction of sp³-hybridized carbons (Fsp3) is 0.375. The van der Waals surface area contributed by atoms with Crippen LogP contribution in [-0.2, 0) is 13.0 Å². The Labute approximate surface area is 185 Å². The maximum atomic E-state index is 12.9. The summed E-state index contributed by atoms with van der Waals surface area (Å²) >= 11 is 0. The number of aromatic nitrogens is 4. The number of nitrogens with zero attached hydrogens (tertiary/aromatic N) is 5. The summed E-state index contributed by atoms with van der Waals surface area (Å²) in [5, 5.41) is 0. The van der Waals surface area contributed by atoms with Crippen molar-refractivity contribution in [2.24, 2.45) is 5.41 Å². The standard InChI is InChI=1S/C24H25N5O3/c1-32-18-14-25-22(26-15-18)23(31)28-11-9-24(16-28)8-7-20-27-19(17-5-3-2-4-6-17)13-21(30)29(20)12-10-24/h2-6,13-15H,7-12,16H2,1H3. The van der Waals surface area contributed by atoms with Crippen molar-refractivity contribution in [3.8, 4) is 17.0 Å². The van der Waals surface area contributed by atoms with Crippen molar-refractivity contribution in [1.82, 2.24) is 24.4 Å². The highest BCUT2D eigenvalue weighted by Gasteiger charge is 2.41. The first-order valence-electron chi connectivity index (χ1n) is 10.9. The Bertz CT molecular complexity index is 1190. The first-order chi connectivity index (χ1) is 15.6. The van der Waals surface area contributed by atoms with Gasteiger partial charge >= 0.3 is 0 Å². The molecule has 1 unspecified atom stereocenters. The summed E-state index contributed by atoms with van der Waals surface area (Å²) in [4.78, 5) is 40.7. The van der Waals surface area contributed by atoms with Gasteiger partial charge in [-0.25, -0.2) is 15.0 Å². The summed E-state index contributed by atoms with van der Waals surface area (Å²) in [7, 11) is 1.54. The topological polar surface area (TPSA) is 90.2 Å². The third-order valence-corrected chi connectivity index (χ3v) is 6.68. The first kappa shape index (κ1) is 20.4. The minimum absolute atomic E-state index is 0.0107. The number of benzene rings is 1. The van der Waals surface area contributed by atoms with E-state index < -0.39 is 0 Å². The molecule has 8 heteroatoms. The monoisotopic (exact) mass is 431 g/mol. The number of ether oxygens (including phenoxy) is 1. The molecule has 1 atom stereocenters. The number of likely N-dealkylation sites (tertiary alicyclic amines) is 1. The van der Waals surface area contributed by atoms with E-state index in [0.29, 0.717) is 25.4 Å². The molecule has 0 N–H and O–H groups in total. The smallest absolute Gasteiger partial charge is 0.291 e. The summed E-state index contributed by atoms with van der Waals surface area (Å²) in [6.45, 7) is 1.94. The predicted octanol–water partition coefficient (Wildman–Crippen LogP) is 2.58. The maximum absolute atomic E-state index is 12.9. The predicted molar refractivity (Wildman–Crippen MR) is 118 cm³/mol. The van der Waals surface area contributed by atoms with Crippen molar-refractivity contribution in [3.63, 3.8) is 0 Å². The fourth-order valence-electron chi connectivity index (χ4n) is 4.78. The van der Waals surface area contributed by atoms with Crippen LogP contribution < -0.4 is 10.3 Å². The van der Waals surface area contributed by atoms with Crippen LogP contribution in [0.4, 0.5) is 0 Å². The highest BCUT2D eigenvalue weighted by molar-refractivity contribution is 5.90. The lowest BCUT2D eigenvalue weighted by molar-refractivity contribution is 0.0754. The zero-order valence-electron chi connectivity index (χ0n) is 18.0. The van der Waals surface area contributed by atoms with Crippen molar-refractivity contribution in [1.29, 1.82) is 0 Å². The summed E-state index contributed by atoms with van der Waals surface area (Å²) in [5.41, 5.74) is 1.64. The average Bonchev–Trinajstić information content (AvgIpc) is 3.17. The van der Waals surface area contributed by atoms with Gasteiger partial charge in [-0.2, -0.15) is 0 Å². The summed E-state index contributed by atoms with van der Waals surface area (Å²) in [5.74, 6) is 1.38. The van der Waals surface area contributed by atoms with E-state index in [-0.39, 0.29) is 22.7 Å². The number of aryl methyl sites for hydroxylation is 1. The average molecular weight is 431 g/mol. The molecule has 3 aromatic rings. The van der Waals surface area contributed by atoms with Gasteiger partial charge in [0.2, 0.25) is 5.82 Å². The van der Waals surface area contributed by atoms with E-state index >= 15 is 0 Å². The quantitative estimate of drug-likeness (QED) is 0.633. The molecule has 0 aliphatic carbocycles. The van der Waals surface area contributed by atoms with E-state index in [2.05, 4.69) is 9.97 Å². The van der Waals surface area contributed by atoms with E-state index in [1.807, 2.05) is 35.2 Å². The molecule has 2 aromatic heterocycles. The molecular formula is C24H25N5O3. The summed E-state index contributed by atoms with van der Waals surface area (Å²) < 4.78 is 6.88. The van der Waals surface area contributed by atoms with Crippen LogP contribution in [0.5, 0.6) is 5.75 Å². The highest BCUT2D eigenvalue weighted by Crippen LogP contribution is 2.40. The molecule has 0 radical (unpaired) electrons. The van der Waals surface area contributed by atoms with E-state index in [1.165, 1.54) is 19.5 Å². The molecule has 1 aromatic carbocycles. The molecule has 0 bridgehead atoms. The second kappa shape index (κ2) is 8.18. The van der Waals surface area contributed by atoms with Crippen LogP contribution in [0, 0.1) is 5.41 Å². The number of methoxy groups -OCH3 is 1. The van der Waals surface area contributed by atoms with Crippen molar-refractivity contribution >= 4 is 5.91 Å². The van der Waals surface area contributed by atoms with E-state index in [9.17, 15) is 9.59 Å². The first-order valence-corrected chi connectivity index (χ1v) is 10.9. The van der Waals surface area contributed by atoms with E-state index in [1.54, 1.807) is 10.6 Å². The van der Waals surface area contributed by atoms with E-state index in [4.69, 9.17) is 9.72 Å². The lowest BCUT2D eigenvalue weighted by atomic mass is 9.80. The largest absolute Gasteiger partial charge is 0.494 e. The van der Waals surface area contributed by atoms with Gasteiger partial charge in [0.15, 0.2) is 5.75 Å². The molecule has 1 amide bonds. The Balaban J connectivity index is 1.33.